The minimum Gasteiger partial charge on any atom is -0.475 e. The Balaban J connectivity index is 1.53. The van der Waals surface area contributed by atoms with Gasteiger partial charge in [0.25, 0.3) is 11.7 Å². The molecule has 184 valence electrons. The number of hydrogen-bond acceptors (Lipinski definition) is 5. The van der Waals surface area contributed by atoms with E-state index in [9.17, 15) is 22.8 Å². The number of likely N-dealkylation sites (tertiary alicyclic amines) is 1. The molecule has 2 aliphatic heterocycles. The Kier molecular flexibility index (Phi) is 6.22. The van der Waals surface area contributed by atoms with Crippen molar-refractivity contribution in [2.45, 2.75) is 58.0 Å². The summed E-state index contributed by atoms with van der Waals surface area (Å²) in [7, 11) is 1.94. The van der Waals surface area contributed by atoms with E-state index in [0.29, 0.717) is 56.2 Å². The Morgan fingerprint density at radius 3 is 2.38 bits per heavy atom. The highest BCUT2D eigenvalue weighted by Crippen LogP contribution is 2.42. The minimum atomic E-state index is -4.91. The normalized spacial score (nSPS) is 18.3. The van der Waals surface area contributed by atoms with Crippen molar-refractivity contribution in [2.24, 2.45) is 0 Å². The number of halogens is 3. The number of rotatable bonds is 4. The van der Waals surface area contributed by atoms with Gasteiger partial charge in [0.1, 0.15) is 0 Å². The van der Waals surface area contributed by atoms with Gasteiger partial charge in [-0.25, -0.2) is 4.98 Å². The summed E-state index contributed by atoms with van der Waals surface area (Å²) >= 11 is 0. The first-order valence-electron chi connectivity index (χ1n) is 11.4. The molecule has 10 heteroatoms. The first kappa shape index (κ1) is 24.3. The average Bonchev–Trinajstić information content (AvgIpc) is 3.21. The summed E-state index contributed by atoms with van der Waals surface area (Å²) < 4.78 is 46.4. The van der Waals surface area contributed by atoms with Gasteiger partial charge in [-0.05, 0) is 58.9 Å². The molecular formula is C24H29F3N4O3. The van der Waals surface area contributed by atoms with Crippen LogP contribution in [0.3, 0.4) is 0 Å². The molecule has 4 heterocycles. The van der Waals surface area contributed by atoms with Crippen LogP contribution in [0.5, 0.6) is 5.88 Å². The van der Waals surface area contributed by atoms with E-state index in [0.717, 1.165) is 5.56 Å². The Morgan fingerprint density at radius 2 is 1.79 bits per heavy atom. The molecule has 1 spiro atoms. The second-order valence-corrected chi connectivity index (χ2v) is 9.34. The molecule has 1 amide bonds. The molecule has 0 atom stereocenters. The van der Waals surface area contributed by atoms with Crippen LogP contribution in [0.25, 0.3) is 0 Å². The maximum atomic E-state index is 13.1. The van der Waals surface area contributed by atoms with Crippen molar-refractivity contribution < 1.29 is 27.5 Å². The van der Waals surface area contributed by atoms with Crippen LogP contribution in [0.4, 0.5) is 13.2 Å². The zero-order valence-electron chi connectivity index (χ0n) is 19.8. The quantitative estimate of drug-likeness (QED) is 0.626. The number of ether oxygens (including phenoxy) is 1. The van der Waals surface area contributed by atoms with Crippen LogP contribution in [-0.2, 0) is 12.1 Å². The number of aromatic nitrogens is 2. The first-order valence-corrected chi connectivity index (χ1v) is 11.4. The van der Waals surface area contributed by atoms with Gasteiger partial charge >= 0.3 is 6.18 Å². The van der Waals surface area contributed by atoms with E-state index in [1.165, 1.54) is 16.8 Å². The lowest BCUT2D eigenvalue weighted by atomic mass is 9.81. The molecule has 1 saturated heterocycles. The van der Waals surface area contributed by atoms with Gasteiger partial charge in [-0.3, -0.25) is 14.5 Å². The van der Waals surface area contributed by atoms with Crippen LogP contribution in [0.2, 0.25) is 0 Å². The number of amides is 1. The molecule has 7 nitrogen and oxygen atoms in total. The molecule has 1 fully saturated rings. The van der Waals surface area contributed by atoms with Crippen LogP contribution in [0, 0.1) is 6.92 Å². The molecule has 0 radical (unpaired) electrons. The predicted molar refractivity (Wildman–Crippen MR) is 119 cm³/mol. The third kappa shape index (κ3) is 4.19. The maximum Gasteiger partial charge on any atom is 0.456 e. The molecule has 34 heavy (non-hydrogen) atoms. The highest BCUT2D eigenvalue weighted by molar-refractivity contribution is 5.99. The molecule has 0 N–H and O–H groups in total. The van der Waals surface area contributed by atoms with E-state index in [1.54, 1.807) is 17.0 Å². The largest absolute Gasteiger partial charge is 0.475 e. The van der Waals surface area contributed by atoms with Gasteiger partial charge < -0.3 is 14.2 Å². The van der Waals surface area contributed by atoms with Gasteiger partial charge in [0.2, 0.25) is 5.88 Å². The van der Waals surface area contributed by atoms with E-state index in [4.69, 9.17) is 4.74 Å². The fraction of sp³-hybridized carbons (Fsp3) is 0.542. The number of fused-ring (bicyclic) bond motifs is 2. The molecule has 0 aliphatic carbocycles. The first-order chi connectivity index (χ1) is 15.9. The number of nitrogens with zero attached hydrogens (tertiary/aromatic N) is 4. The number of ketones is 1. The SMILES string of the molecule is Cc1cc(C(=O)N2CCC3(CC2)c2ccc(C(=O)C(F)(F)F)n2CCN3C)cnc1OC(C)C. The van der Waals surface area contributed by atoms with Gasteiger partial charge in [0.05, 0.1) is 22.9 Å². The van der Waals surface area contributed by atoms with Gasteiger partial charge in [-0.1, -0.05) is 0 Å². The number of hydrogen-bond donors (Lipinski definition) is 0. The van der Waals surface area contributed by atoms with Crippen molar-refractivity contribution in [3.63, 3.8) is 0 Å². The third-order valence-electron chi connectivity index (χ3n) is 6.84. The lowest BCUT2D eigenvalue weighted by molar-refractivity contribution is -0.0892. The summed E-state index contributed by atoms with van der Waals surface area (Å²) in [5.74, 6) is -1.46. The zero-order chi connectivity index (χ0) is 24.8. The summed E-state index contributed by atoms with van der Waals surface area (Å²) in [4.78, 5) is 33.3. The number of pyridine rings is 1. The van der Waals surface area contributed by atoms with Crippen LogP contribution >= 0.6 is 0 Å². The van der Waals surface area contributed by atoms with E-state index in [1.807, 2.05) is 27.8 Å². The van der Waals surface area contributed by atoms with Gasteiger partial charge in [-0.2, -0.15) is 13.2 Å². The second-order valence-electron chi connectivity index (χ2n) is 9.34. The average molecular weight is 479 g/mol. The molecule has 4 rings (SSSR count). The highest BCUT2D eigenvalue weighted by atomic mass is 19.4. The monoisotopic (exact) mass is 478 g/mol. The van der Waals surface area contributed by atoms with Gasteiger partial charge in [0.15, 0.2) is 0 Å². The predicted octanol–water partition coefficient (Wildman–Crippen LogP) is 3.80. The van der Waals surface area contributed by atoms with E-state index in [-0.39, 0.29) is 17.7 Å². The van der Waals surface area contributed by atoms with Crippen LogP contribution in [0.1, 0.15) is 58.8 Å². The standard InChI is InChI=1S/C24H29F3N4O3/c1-15(2)34-21-16(3)13-17(14-28-21)22(33)30-9-7-23(8-10-30)19-6-5-18(20(32)24(25,26)27)31(19)12-11-29(23)4/h5-6,13-15H,7-12H2,1-4H3. The molecule has 0 unspecified atom stereocenters. The Hall–Kier alpha value is -2.88. The van der Waals surface area contributed by atoms with E-state index in [2.05, 4.69) is 9.88 Å². The Labute approximate surface area is 196 Å². The summed E-state index contributed by atoms with van der Waals surface area (Å²) in [6, 6.07) is 4.68. The zero-order valence-corrected chi connectivity index (χ0v) is 19.8. The van der Waals surface area contributed by atoms with Gasteiger partial charge in [0, 0.05) is 43.6 Å². The number of Topliss-reactive ketones (excluding diaryl/α,β-unsaturated/α-hetero) is 1. The maximum absolute atomic E-state index is 13.1. The smallest absolute Gasteiger partial charge is 0.456 e. The van der Waals surface area contributed by atoms with Crippen LogP contribution in [-0.4, -0.2) is 70.0 Å². The van der Waals surface area contributed by atoms with Crippen molar-refractivity contribution >= 4 is 11.7 Å². The third-order valence-corrected chi connectivity index (χ3v) is 6.84. The number of likely N-dealkylation sites (N-methyl/N-ethyl adjacent to an activating group) is 1. The van der Waals surface area contributed by atoms with Crippen molar-refractivity contribution in [2.75, 3.05) is 26.7 Å². The van der Waals surface area contributed by atoms with E-state index < -0.39 is 17.5 Å². The number of carbonyl (C=O) groups excluding carboxylic acids is 2. The molecule has 0 aromatic carbocycles. The summed E-state index contributed by atoms with van der Waals surface area (Å²) in [6.45, 7) is 7.39. The molecule has 2 aromatic rings. The van der Waals surface area contributed by atoms with E-state index >= 15 is 0 Å². The highest BCUT2D eigenvalue weighted by Gasteiger charge is 2.47. The van der Waals surface area contributed by atoms with Crippen LogP contribution in [0.15, 0.2) is 24.4 Å². The second kappa shape index (κ2) is 8.72. The minimum absolute atomic E-state index is 0.0237. The number of carbonyl (C=O) groups is 2. The molecule has 0 bridgehead atoms. The topological polar surface area (TPSA) is 67.7 Å². The molecule has 0 saturated carbocycles. The Morgan fingerprint density at radius 1 is 1.12 bits per heavy atom. The molecular weight excluding hydrogens is 449 g/mol. The molecule has 2 aromatic heterocycles. The summed E-state index contributed by atoms with van der Waals surface area (Å²) in [5, 5.41) is 0. The number of piperidine rings is 1. The fourth-order valence-corrected chi connectivity index (χ4v) is 5.04. The molecule has 2 aliphatic rings. The number of aryl methyl sites for hydroxylation is 1. The fourth-order valence-electron chi connectivity index (χ4n) is 5.04. The van der Waals surface area contributed by atoms with Crippen molar-refractivity contribution in [1.82, 2.24) is 19.4 Å². The van der Waals surface area contributed by atoms with Crippen molar-refractivity contribution in [3.05, 3.63) is 46.9 Å². The Bertz CT molecular complexity index is 1100. The lowest BCUT2D eigenvalue weighted by Crippen LogP contribution is -2.56. The number of alkyl halides is 3. The summed E-state index contributed by atoms with van der Waals surface area (Å²) in [5.41, 5.74) is 1.11. The lowest BCUT2D eigenvalue weighted by Gasteiger charge is -2.50. The summed E-state index contributed by atoms with van der Waals surface area (Å²) in [6.07, 6.45) is -2.31. The van der Waals surface area contributed by atoms with Crippen molar-refractivity contribution in [1.29, 1.82) is 0 Å². The van der Waals surface area contributed by atoms with Crippen molar-refractivity contribution in [3.8, 4) is 5.88 Å². The van der Waals surface area contributed by atoms with Crippen LogP contribution < -0.4 is 4.74 Å². The van der Waals surface area contributed by atoms with Gasteiger partial charge in [-0.15, -0.1) is 0 Å².